The van der Waals surface area contributed by atoms with Crippen LogP contribution in [0.15, 0.2) is 37.2 Å². The predicted octanol–water partition coefficient (Wildman–Crippen LogP) is 3.34. The number of rotatable bonds is 4. The largest absolute Gasteiger partial charge is 0.465 e. The summed E-state index contributed by atoms with van der Waals surface area (Å²) in [6, 6.07) is 0.288. The van der Waals surface area contributed by atoms with Crippen molar-refractivity contribution in [2.75, 3.05) is 7.11 Å². The van der Waals surface area contributed by atoms with E-state index in [1.54, 1.807) is 0 Å². The normalized spacial score (nSPS) is 12.7. The van der Waals surface area contributed by atoms with Crippen LogP contribution in [0.4, 0.5) is 26.3 Å². The Labute approximate surface area is 169 Å². The number of halogens is 6. The lowest BCUT2D eigenvalue weighted by atomic mass is 10.1. The van der Waals surface area contributed by atoms with E-state index in [0.29, 0.717) is 6.07 Å². The highest BCUT2D eigenvalue weighted by Gasteiger charge is 2.38. The van der Waals surface area contributed by atoms with Crippen LogP contribution in [0, 0.1) is 0 Å². The van der Waals surface area contributed by atoms with Crippen molar-refractivity contribution < 1.29 is 35.9 Å². The Hall–Kier alpha value is -3.84. The highest BCUT2D eigenvalue weighted by Crippen LogP contribution is 2.36. The van der Waals surface area contributed by atoms with Gasteiger partial charge in [0.2, 0.25) is 0 Å². The summed E-state index contributed by atoms with van der Waals surface area (Å²) in [6.45, 7) is 0. The van der Waals surface area contributed by atoms with Gasteiger partial charge in [0.1, 0.15) is 24.0 Å². The average Bonchev–Trinajstić information content (AvgIpc) is 3.19. The molecule has 3 heterocycles. The highest BCUT2D eigenvalue weighted by atomic mass is 19.4. The monoisotopic (exact) mass is 444 g/mol. The van der Waals surface area contributed by atoms with E-state index in [2.05, 4.69) is 29.8 Å². The third-order valence-electron chi connectivity index (χ3n) is 3.72. The van der Waals surface area contributed by atoms with Crippen LogP contribution in [0.25, 0.3) is 23.3 Å². The average molecular weight is 444 g/mol. The van der Waals surface area contributed by atoms with Crippen LogP contribution in [0.2, 0.25) is 0 Å². The molecule has 0 saturated heterocycles. The van der Waals surface area contributed by atoms with E-state index in [9.17, 15) is 31.1 Å². The molecule has 3 aromatic rings. The lowest BCUT2D eigenvalue weighted by Crippen LogP contribution is -2.13. The van der Waals surface area contributed by atoms with Gasteiger partial charge in [0.15, 0.2) is 5.82 Å². The first-order valence-corrected chi connectivity index (χ1v) is 8.12. The molecule has 3 aromatic heterocycles. The molecule has 0 aliphatic rings. The maximum Gasteiger partial charge on any atom is 0.433 e. The third-order valence-corrected chi connectivity index (χ3v) is 3.72. The molecule has 0 aliphatic carbocycles. The van der Waals surface area contributed by atoms with Gasteiger partial charge in [-0.05, 0) is 12.1 Å². The zero-order chi connectivity index (χ0) is 22.8. The highest BCUT2D eigenvalue weighted by molar-refractivity contribution is 6.19. The summed E-state index contributed by atoms with van der Waals surface area (Å²) in [5.74, 6) is -1.34. The van der Waals surface area contributed by atoms with Crippen molar-refractivity contribution in [2.24, 2.45) is 0 Å². The summed E-state index contributed by atoms with van der Waals surface area (Å²) in [4.78, 5) is 26.4. The number of pyridine rings is 1. The Bertz CT molecular complexity index is 1090. The van der Waals surface area contributed by atoms with Gasteiger partial charge in [-0.1, -0.05) is 0 Å². The first-order valence-electron chi connectivity index (χ1n) is 8.12. The fourth-order valence-corrected chi connectivity index (χ4v) is 2.33. The number of methoxy groups -OCH3 is 1. The van der Waals surface area contributed by atoms with Crippen molar-refractivity contribution in [1.82, 2.24) is 29.7 Å². The van der Waals surface area contributed by atoms with Crippen molar-refractivity contribution in [2.45, 2.75) is 12.4 Å². The molecule has 0 unspecified atom stereocenters. The molecule has 0 N–H and O–H groups in total. The molecular formula is C17H10F6N6O2. The van der Waals surface area contributed by atoms with Crippen LogP contribution in [0.5, 0.6) is 0 Å². The number of aromatic nitrogens is 6. The molecule has 0 spiro atoms. The van der Waals surface area contributed by atoms with Gasteiger partial charge in [-0.3, -0.25) is 0 Å². The summed E-state index contributed by atoms with van der Waals surface area (Å²) in [7, 11) is 1.11. The maximum atomic E-state index is 13.0. The molecule has 0 atom stereocenters. The van der Waals surface area contributed by atoms with E-state index >= 15 is 0 Å². The first-order chi connectivity index (χ1) is 14.5. The van der Waals surface area contributed by atoms with Gasteiger partial charge >= 0.3 is 18.3 Å². The molecule has 0 amide bonds. The number of esters is 1. The zero-order valence-electron chi connectivity index (χ0n) is 15.3. The molecule has 0 saturated carbocycles. The Morgan fingerprint density at radius 2 is 1.74 bits per heavy atom. The van der Waals surface area contributed by atoms with E-state index in [1.165, 1.54) is 18.7 Å². The van der Waals surface area contributed by atoms with Crippen molar-refractivity contribution >= 4 is 17.7 Å². The standard InChI is InChI=1S/C17H10F6N6O2/c1-31-15(30)11(9-4-24-7-25-5-9)6-29-8-26-14(28-29)12-2-10(16(18,19)20)3-13(27-12)17(21,22)23/h2-8H,1H3/b11-6+. The fraction of sp³-hybridized carbons (Fsp3) is 0.176. The van der Waals surface area contributed by atoms with Gasteiger partial charge in [0, 0.05) is 24.2 Å². The molecule has 0 radical (unpaired) electrons. The first kappa shape index (κ1) is 21.9. The quantitative estimate of drug-likeness (QED) is 0.346. The van der Waals surface area contributed by atoms with Crippen LogP contribution in [-0.4, -0.2) is 42.8 Å². The number of hydrogen-bond acceptors (Lipinski definition) is 7. The van der Waals surface area contributed by atoms with E-state index < -0.39 is 41.1 Å². The van der Waals surface area contributed by atoms with Gasteiger partial charge in [0.05, 0.1) is 18.2 Å². The molecule has 0 aliphatic heterocycles. The number of ether oxygens (including phenoxy) is 1. The van der Waals surface area contributed by atoms with Crippen molar-refractivity contribution in [3.05, 3.63) is 54.0 Å². The Morgan fingerprint density at radius 1 is 1.06 bits per heavy atom. The van der Waals surface area contributed by atoms with Crippen molar-refractivity contribution in [1.29, 1.82) is 0 Å². The third kappa shape index (κ3) is 5.02. The second kappa shape index (κ2) is 8.12. The van der Waals surface area contributed by atoms with E-state index in [1.807, 2.05) is 0 Å². The fourth-order valence-electron chi connectivity index (χ4n) is 2.33. The number of alkyl halides is 6. The predicted molar refractivity (Wildman–Crippen MR) is 91.5 cm³/mol. The summed E-state index contributed by atoms with van der Waals surface area (Å²) >= 11 is 0. The number of carbonyl (C=O) groups excluding carboxylic acids is 1. The molecule has 3 rings (SSSR count). The Morgan fingerprint density at radius 3 is 2.32 bits per heavy atom. The topological polar surface area (TPSA) is 95.7 Å². The second-order valence-electron chi connectivity index (χ2n) is 5.83. The summed E-state index contributed by atoms with van der Waals surface area (Å²) in [5.41, 5.74) is -3.93. The molecule has 31 heavy (non-hydrogen) atoms. The van der Waals surface area contributed by atoms with Crippen LogP contribution < -0.4 is 0 Å². The van der Waals surface area contributed by atoms with Crippen molar-refractivity contribution in [3.63, 3.8) is 0 Å². The van der Waals surface area contributed by atoms with E-state index in [0.717, 1.165) is 24.3 Å². The van der Waals surface area contributed by atoms with Gasteiger partial charge in [-0.15, -0.1) is 5.10 Å². The minimum atomic E-state index is -5.12. The Balaban J connectivity index is 2.07. The summed E-state index contributed by atoms with van der Waals surface area (Å²) in [5, 5.41) is 3.79. The zero-order valence-corrected chi connectivity index (χ0v) is 15.3. The molecule has 162 valence electrons. The number of hydrogen-bond donors (Lipinski definition) is 0. The minimum Gasteiger partial charge on any atom is -0.465 e. The van der Waals surface area contributed by atoms with Crippen LogP contribution in [0.3, 0.4) is 0 Å². The minimum absolute atomic E-state index is 0.0902. The molecule has 0 fully saturated rings. The molecule has 14 heteroatoms. The Kier molecular flexibility index (Phi) is 5.73. The van der Waals surface area contributed by atoms with Gasteiger partial charge in [0.25, 0.3) is 0 Å². The van der Waals surface area contributed by atoms with Crippen LogP contribution in [-0.2, 0) is 21.9 Å². The SMILES string of the molecule is COC(=O)/C(=C/n1cnc(-c2cc(C(F)(F)F)cc(C(F)(F)F)n2)n1)c1cncnc1. The van der Waals surface area contributed by atoms with Crippen molar-refractivity contribution in [3.8, 4) is 11.5 Å². The lowest BCUT2D eigenvalue weighted by molar-refractivity contribution is -0.145. The molecule has 8 nitrogen and oxygen atoms in total. The molecular weight excluding hydrogens is 434 g/mol. The van der Waals surface area contributed by atoms with Crippen LogP contribution in [0.1, 0.15) is 16.8 Å². The van der Waals surface area contributed by atoms with Gasteiger partial charge < -0.3 is 4.74 Å². The van der Waals surface area contributed by atoms with E-state index in [4.69, 9.17) is 0 Å². The summed E-state index contributed by atoms with van der Waals surface area (Å²) in [6.07, 6.45) is -4.31. The molecule has 0 bridgehead atoms. The lowest BCUT2D eigenvalue weighted by Gasteiger charge is -2.12. The smallest absolute Gasteiger partial charge is 0.433 e. The summed E-state index contributed by atoms with van der Waals surface area (Å²) < 4.78 is 83.6. The maximum absolute atomic E-state index is 13.0. The van der Waals surface area contributed by atoms with Gasteiger partial charge in [-0.2, -0.15) is 26.3 Å². The van der Waals surface area contributed by atoms with Crippen LogP contribution >= 0.6 is 0 Å². The number of nitrogens with zero attached hydrogens (tertiary/aromatic N) is 6. The van der Waals surface area contributed by atoms with Gasteiger partial charge in [-0.25, -0.2) is 29.4 Å². The van der Waals surface area contributed by atoms with E-state index in [-0.39, 0.29) is 17.2 Å². The number of carbonyl (C=O) groups is 1. The second-order valence-corrected chi connectivity index (χ2v) is 5.83. The molecule has 0 aromatic carbocycles.